The summed E-state index contributed by atoms with van der Waals surface area (Å²) in [7, 11) is 1.95. The molecule has 2 atom stereocenters. The number of hydrogen-bond donors (Lipinski definition) is 2. The monoisotopic (exact) mass is 400 g/mol. The number of ether oxygens (including phenoxy) is 1. The van der Waals surface area contributed by atoms with E-state index in [1.165, 1.54) is 0 Å². The molecule has 1 aliphatic rings. The van der Waals surface area contributed by atoms with Gasteiger partial charge in [0.05, 0.1) is 23.5 Å². The highest BCUT2D eigenvalue weighted by Gasteiger charge is 2.32. The Morgan fingerprint density at radius 2 is 1.90 bits per heavy atom. The molecule has 1 saturated carbocycles. The second kappa shape index (κ2) is 8.84. The standard InChI is InChI=1S/C22H32N4O3/c1-22(2,3)29-21(28)25-16-11-7-5-6-10-15(16)20(27)23-14-19-24-17-12-8-9-13-18(17)26(19)4/h8-9,12-13,15-16H,5-7,10-11,14H2,1-4H3,(H,23,27)(H,25,28). The lowest BCUT2D eigenvalue weighted by atomic mass is 9.94. The molecule has 0 saturated heterocycles. The summed E-state index contributed by atoms with van der Waals surface area (Å²) in [5.41, 5.74) is 1.39. The summed E-state index contributed by atoms with van der Waals surface area (Å²) in [6.45, 7) is 5.86. The topological polar surface area (TPSA) is 85.2 Å². The van der Waals surface area contributed by atoms with Crippen LogP contribution in [0.2, 0.25) is 0 Å². The maximum absolute atomic E-state index is 13.0. The number of nitrogens with one attached hydrogen (secondary N) is 2. The average molecular weight is 401 g/mol. The second-order valence-electron chi connectivity index (χ2n) is 8.79. The summed E-state index contributed by atoms with van der Waals surface area (Å²) in [5, 5.41) is 5.97. The van der Waals surface area contributed by atoms with Gasteiger partial charge in [0.25, 0.3) is 0 Å². The van der Waals surface area contributed by atoms with Gasteiger partial charge >= 0.3 is 6.09 Å². The Morgan fingerprint density at radius 3 is 2.62 bits per heavy atom. The SMILES string of the molecule is Cn1c(CNC(=O)C2CCCCCC2NC(=O)OC(C)(C)C)nc2ccccc21. The lowest BCUT2D eigenvalue weighted by Gasteiger charge is -2.27. The molecular formula is C22H32N4O3. The number of fused-ring (bicyclic) bond motifs is 1. The van der Waals surface area contributed by atoms with E-state index in [0.717, 1.165) is 49.0 Å². The molecule has 3 rings (SSSR count). The molecule has 29 heavy (non-hydrogen) atoms. The van der Waals surface area contributed by atoms with Crippen molar-refractivity contribution in [2.45, 2.75) is 71.1 Å². The number of carbonyl (C=O) groups is 2. The molecule has 0 radical (unpaired) electrons. The summed E-state index contributed by atoms with van der Waals surface area (Å²) in [6, 6.07) is 7.70. The Hall–Kier alpha value is -2.57. The lowest BCUT2D eigenvalue weighted by molar-refractivity contribution is -0.126. The van der Waals surface area contributed by atoms with Gasteiger partial charge in [0.1, 0.15) is 11.4 Å². The fraction of sp³-hybridized carbons (Fsp3) is 0.591. The fourth-order valence-electron chi connectivity index (χ4n) is 3.90. The highest BCUT2D eigenvalue weighted by molar-refractivity contribution is 5.81. The normalized spacial score (nSPS) is 20.1. The van der Waals surface area contributed by atoms with Gasteiger partial charge in [0, 0.05) is 13.1 Å². The first-order valence-electron chi connectivity index (χ1n) is 10.4. The molecular weight excluding hydrogens is 368 g/mol. The van der Waals surface area contributed by atoms with Crippen molar-refractivity contribution >= 4 is 23.0 Å². The van der Waals surface area contributed by atoms with E-state index in [1.807, 2.05) is 56.7 Å². The van der Waals surface area contributed by atoms with Gasteiger partial charge in [-0.3, -0.25) is 4.79 Å². The number of benzene rings is 1. The first kappa shape index (κ1) is 21.1. The number of imidazole rings is 1. The van der Waals surface area contributed by atoms with E-state index in [2.05, 4.69) is 15.6 Å². The van der Waals surface area contributed by atoms with Crippen LogP contribution in [0, 0.1) is 5.92 Å². The van der Waals surface area contributed by atoms with Gasteiger partial charge in [-0.1, -0.05) is 31.4 Å². The Bertz CT molecular complexity index is 869. The highest BCUT2D eigenvalue weighted by Crippen LogP contribution is 2.24. The smallest absolute Gasteiger partial charge is 0.407 e. The summed E-state index contributed by atoms with van der Waals surface area (Å²) in [6.07, 6.45) is 4.13. The Kier molecular flexibility index (Phi) is 6.45. The van der Waals surface area contributed by atoms with Gasteiger partial charge in [-0.25, -0.2) is 9.78 Å². The van der Waals surface area contributed by atoms with Gasteiger partial charge in [-0.2, -0.15) is 0 Å². The van der Waals surface area contributed by atoms with E-state index < -0.39 is 11.7 Å². The van der Waals surface area contributed by atoms with Crippen molar-refractivity contribution in [1.29, 1.82) is 0 Å². The summed E-state index contributed by atoms with van der Waals surface area (Å²) < 4.78 is 7.39. The Morgan fingerprint density at radius 1 is 1.17 bits per heavy atom. The predicted molar refractivity (Wildman–Crippen MR) is 112 cm³/mol. The number of nitrogens with zero attached hydrogens (tertiary/aromatic N) is 2. The van der Waals surface area contributed by atoms with Crippen molar-refractivity contribution in [2.24, 2.45) is 13.0 Å². The molecule has 1 heterocycles. The molecule has 1 aromatic carbocycles. The maximum atomic E-state index is 13.0. The van der Waals surface area contributed by atoms with Crippen LogP contribution in [-0.2, 0) is 23.1 Å². The third-order valence-electron chi connectivity index (χ3n) is 5.36. The third-order valence-corrected chi connectivity index (χ3v) is 5.36. The number of hydrogen-bond acceptors (Lipinski definition) is 4. The second-order valence-corrected chi connectivity index (χ2v) is 8.79. The van der Waals surface area contributed by atoms with E-state index in [0.29, 0.717) is 6.54 Å². The van der Waals surface area contributed by atoms with Gasteiger partial charge in [0.2, 0.25) is 5.91 Å². The quantitative estimate of drug-likeness (QED) is 0.767. The number of para-hydroxylation sites is 2. The summed E-state index contributed by atoms with van der Waals surface area (Å²) in [5.74, 6) is 0.504. The van der Waals surface area contributed by atoms with Crippen LogP contribution in [0.5, 0.6) is 0 Å². The first-order valence-corrected chi connectivity index (χ1v) is 10.4. The zero-order valence-corrected chi connectivity index (χ0v) is 17.8. The number of carbonyl (C=O) groups excluding carboxylic acids is 2. The third kappa shape index (κ3) is 5.49. The zero-order chi connectivity index (χ0) is 21.0. The largest absolute Gasteiger partial charge is 0.444 e. The molecule has 0 spiro atoms. The maximum Gasteiger partial charge on any atom is 0.407 e. The van der Waals surface area contributed by atoms with Crippen LogP contribution in [-0.4, -0.2) is 33.2 Å². The minimum absolute atomic E-state index is 0.0417. The first-order chi connectivity index (χ1) is 13.7. The van der Waals surface area contributed by atoms with Crippen LogP contribution in [0.4, 0.5) is 4.79 Å². The molecule has 2 unspecified atom stereocenters. The van der Waals surface area contributed by atoms with Crippen molar-refractivity contribution in [3.8, 4) is 0 Å². The average Bonchev–Trinajstić information content (AvgIpc) is 2.80. The summed E-state index contributed by atoms with van der Waals surface area (Å²) in [4.78, 5) is 29.9. The van der Waals surface area contributed by atoms with Crippen molar-refractivity contribution in [3.63, 3.8) is 0 Å². The molecule has 7 heteroatoms. The van der Waals surface area contributed by atoms with Gasteiger partial charge < -0.3 is 19.9 Å². The predicted octanol–water partition coefficient (Wildman–Crippen LogP) is 3.66. The number of amides is 2. The number of rotatable bonds is 4. The van der Waals surface area contributed by atoms with Crippen molar-refractivity contribution in [1.82, 2.24) is 20.2 Å². The van der Waals surface area contributed by atoms with Gasteiger partial charge in [0.15, 0.2) is 0 Å². The molecule has 1 aliphatic carbocycles. The molecule has 0 bridgehead atoms. The minimum atomic E-state index is -0.563. The van der Waals surface area contributed by atoms with Crippen LogP contribution in [0.3, 0.4) is 0 Å². The highest BCUT2D eigenvalue weighted by atomic mass is 16.6. The number of aryl methyl sites for hydroxylation is 1. The van der Waals surface area contributed by atoms with Crippen molar-refractivity contribution in [3.05, 3.63) is 30.1 Å². The van der Waals surface area contributed by atoms with Gasteiger partial charge in [-0.05, 0) is 45.7 Å². The molecule has 7 nitrogen and oxygen atoms in total. The van der Waals surface area contributed by atoms with Crippen LogP contribution >= 0.6 is 0 Å². The van der Waals surface area contributed by atoms with Crippen LogP contribution < -0.4 is 10.6 Å². The minimum Gasteiger partial charge on any atom is -0.444 e. The Balaban J connectivity index is 1.65. The number of aromatic nitrogens is 2. The molecule has 2 N–H and O–H groups in total. The van der Waals surface area contributed by atoms with E-state index in [9.17, 15) is 9.59 Å². The van der Waals surface area contributed by atoms with Crippen molar-refractivity contribution in [2.75, 3.05) is 0 Å². The molecule has 0 aliphatic heterocycles. The fourth-order valence-corrected chi connectivity index (χ4v) is 3.90. The molecule has 2 aromatic rings. The van der Waals surface area contributed by atoms with E-state index in [4.69, 9.17) is 4.74 Å². The molecule has 158 valence electrons. The lowest BCUT2D eigenvalue weighted by Crippen LogP contribution is -2.47. The zero-order valence-electron chi connectivity index (χ0n) is 17.8. The molecule has 1 aromatic heterocycles. The van der Waals surface area contributed by atoms with Crippen molar-refractivity contribution < 1.29 is 14.3 Å². The van der Waals surface area contributed by atoms with Crippen LogP contribution in [0.15, 0.2) is 24.3 Å². The van der Waals surface area contributed by atoms with Gasteiger partial charge in [-0.15, -0.1) is 0 Å². The van der Waals surface area contributed by atoms with Crippen LogP contribution in [0.25, 0.3) is 11.0 Å². The number of alkyl carbamates (subject to hydrolysis) is 1. The van der Waals surface area contributed by atoms with Crippen LogP contribution in [0.1, 0.15) is 58.7 Å². The molecule has 1 fully saturated rings. The van der Waals surface area contributed by atoms with E-state index in [-0.39, 0.29) is 17.9 Å². The molecule has 2 amide bonds. The van der Waals surface area contributed by atoms with E-state index in [1.54, 1.807) is 0 Å². The Labute approximate surface area is 172 Å². The summed E-state index contributed by atoms with van der Waals surface area (Å²) >= 11 is 0. The van der Waals surface area contributed by atoms with E-state index >= 15 is 0 Å².